The number of nitrogens with zero attached hydrogens (tertiary/aromatic N) is 4. The van der Waals surface area contributed by atoms with Crippen molar-refractivity contribution in [1.29, 1.82) is 0 Å². The minimum Gasteiger partial charge on any atom is -0.322 e. The van der Waals surface area contributed by atoms with Crippen LogP contribution < -0.4 is 5.73 Å². The first-order valence-corrected chi connectivity index (χ1v) is 4.01. The van der Waals surface area contributed by atoms with Crippen molar-refractivity contribution >= 4 is 16.3 Å². The highest BCUT2D eigenvalue weighted by Gasteiger charge is 2.07. The van der Waals surface area contributed by atoms with Crippen LogP contribution in [0.4, 0.5) is 0 Å². The largest absolute Gasteiger partial charge is 0.322 e. The van der Waals surface area contributed by atoms with Gasteiger partial charge >= 0.3 is 0 Å². The van der Waals surface area contributed by atoms with E-state index in [1.54, 1.807) is 10.8 Å². The minimum atomic E-state index is -0.0262. The molecule has 0 aliphatic heterocycles. The zero-order valence-electron chi connectivity index (χ0n) is 5.93. The molecule has 2 N–H and O–H groups in total. The van der Waals surface area contributed by atoms with Gasteiger partial charge in [-0.3, -0.25) is 0 Å². The van der Waals surface area contributed by atoms with Gasteiger partial charge in [0.15, 0.2) is 0 Å². The van der Waals surface area contributed by atoms with Gasteiger partial charge in [0.25, 0.3) is 0 Å². The highest BCUT2D eigenvalue weighted by molar-refractivity contribution is 7.16. The maximum Gasteiger partial charge on any atom is 0.234 e. The first-order valence-electron chi connectivity index (χ1n) is 3.19. The minimum absolute atomic E-state index is 0.0262. The molecule has 0 amide bonds. The summed E-state index contributed by atoms with van der Waals surface area (Å²) in [6.07, 6.45) is 1.57. The Kier molecular flexibility index (Phi) is 1.36. The molecular weight excluding hydrogens is 162 g/mol. The van der Waals surface area contributed by atoms with Crippen LogP contribution in [0.2, 0.25) is 0 Å². The third-order valence-electron chi connectivity index (χ3n) is 1.29. The Hall–Kier alpha value is -1.01. The van der Waals surface area contributed by atoms with Gasteiger partial charge < -0.3 is 5.73 Å². The second kappa shape index (κ2) is 2.24. The molecule has 0 aliphatic carbocycles. The summed E-state index contributed by atoms with van der Waals surface area (Å²) in [5.41, 5.74) is 5.62. The zero-order valence-corrected chi connectivity index (χ0v) is 6.75. The number of aromatic nitrogens is 4. The van der Waals surface area contributed by atoms with Crippen molar-refractivity contribution in [3.05, 3.63) is 11.3 Å². The van der Waals surface area contributed by atoms with Gasteiger partial charge in [0, 0.05) is 0 Å². The SMILES string of the molecule is CC(N)c1nn2cnnc2s1. The monoisotopic (exact) mass is 169 g/mol. The molecular formula is C5H7N5S. The Labute approximate surface area is 66.9 Å². The lowest BCUT2D eigenvalue weighted by molar-refractivity contribution is 0.767. The van der Waals surface area contributed by atoms with Crippen LogP contribution in [0.3, 0.4) is 0 Å². The van der Waals surface area contributed by atoms with Crippen LogP contribution >= 0.6 is 11.3 Å². The molecule has 0 aliphatic rings. The van der Waals surface area contributed by atoms with Gasteiger partial charge in [0.1, 0.15) is 11.3 Å². The Balaban J connectivity index is 2.58. The summed E-state index contributed by atoms with van der Waals surface area (Å²) >= 11 is 1.47. The topological polar surface area (TPSA) is 69.1 Å². The summed E-state index contributed by atoms with van der Waals surface area (Å²) in [6, 6.07) is -0.0262. The van der Waals surface area contributed by atoms with E-state index >= 15 is 0 Å². The average Bonchev–Trinajstić information content (AvgIpc) is 2.40. The van der Waals surface area contributed by atoms with Gasteiger partial charge in [-0.15, -0.1) is 10.2 Å². The van der Waals surface area contributed by atoms with Crippen LogP contribution in [0, 0.1) is 0 Å². The molecule has 2 heterocycles. The van der Waals surface area contributed by atoms with E-state index < -0.39 is 0 Å². The van der Waals surface area contributed by atoms with E-state index in [1.807, 2.05) is 6.92 Å². The van der Waals surface area contributed by atoms with Crippen LogP contribution in [-0.2, 0) is 0 Å². The molecule has 2 rings (SSSR count). The van der Waals surface area contributed by atoms with Crippen molar-refractivity contribution in [3.63, 3.8) is 0 Å². The lowest BCUT2D eigenvalue weighted by Crippen LogP contribution is -2.04. The summed E-state index contributed by atoms with van der Waals surface area (Å²) in [4.78, 5) is 0.789. The van der Waals surface area contributed by atoms with Crippen molar-refractivity contribution in [2.45, 2.75) is 13.0 Å². The molecule has 0 saturated carbocycles. The van der Waals surface area contributed by atoms with E-state index in [1.165, 1.54) is 11.3 Å². The average molecular weight is 169 g/mol. The van der Waals surface area contributed by atoms with Crippen LogP contribution in [0.1, 0.15) is 18.0 Å². The Morgan fingerprint density at radius 2 is 2.55 bits per heavy atom. The fourth-order valence-corrected chi connectivity index (χ4v) is 1.53. The highest BCUT2D eigenvalue weighted by atomic mass is 32.1. The molecule has 0 saturated heterocycles. The molecule has 11 heavy (non-hydrogen) atoms. The second-order valence-electron chi connectivity index (χ2n) is 2.29. The van der Waals surface area contributed by atoms with Gasteiger partial charge in [-0.25, -0.2) is 0 Å². The normalized spacial score (nSPS) is 14.0. The van der Waals surface area contributed by atoms with Gasteiger partial charge in [-0.1, -0.05) is 11.3 Å². The lowest BCUT2D eigenvalue weighted by Gasteiger charge is -1.94. The molecule has 1 atom stereocenters. The first kappa shape index (κ1) is 6.68. The Morgan fingerprint density at radius 1 is 1.73 bits per heavy atom. The van der Waals surface area contributed by atoms with Crippen molar-refractivity contribution in [1.82, 2.24) is 19.8 Å². The smallest absolute Gasteiger partial charge is 0.234 e. The number of nitrogens with two attached hydrogens (primary N) is 1. The predicted molar refractivity (Wildman–Crippen MR) is 41.3 cm³/mol. The second-order valence-corrected chi connectivity index (χ2v) is 3.27. The number of hydrogen-bond acceptors (Lipinski definition) is 5. The molecule has 5 nitrogen and oxygen atoms in total. The zero-order chi connectivity index (χ0) is 7.84. The van der Waals surface area contributed by atoms with Gasteiger partial charge in [-0.05, 0) is 6.92 Å². The molecule has 0 aromatic carbocycles. The summed E-state index contributed by atoms with van der Waals surface area (Å²) in [6.45, 7) is 1.89. The quantitative estimate of drug-likeness (QED) is 0.662. The molecule has 0 spiro atoms. The van der Waals surface area contributed by atoms with Crippen LogP contribution in [0.25, 0.3) is 4.96 Å². The molecule has 2 aromatic heterocycles. The maximum absolute atomic E-state index is 5.62. The maximum atomic E-state index is 5.62. The molecule has 6 heteroatoms. The summed E-state index contributed by atoms with van der Waals surface area (Å²) in [5, 5.41) is 12.6. The van der Waals surface area contributed by atoms with Crippen molar-refractivity contribution in [2.24, 2.45) is 5.73 Å². The van der Waals surface area contributed by atoms with Crippen molar-refractivity contribution in [2.75, 3.05) is 0 Å². The summed E-state index contributed by atoms with van der Waals surface area (Å²) < 4.78 is 1.63. The molecule has 0 fully saturated rings. The molecule has 0 bridgehead atoms. The van der Waals surface area contributed by atoms with E-state index in [0.29, 0.717) is 0 Å². The van der Waals surface area contributed by atoms with Crippen molar-refractivity contribution in [3.8, 4) is 0 Å². The summed E-state index contributed by atoms with van der Waals surface area (Å²) in [5.74, 6) is 0. The fraction of sp³-hybridized carbons (Fsp3) is 0.400. The third-order valence-corrected chi connectivity index (χ3v) is 2.41. The first-order chi connectivity index (χ1) is 5.27. The molecule has 1 unspecified atom stereocenters. The van der Waals surface area contributed by atoms with E-state index in [-0.39, 0.29) is 6.04 Å². The number of hydrogen-bond donors (Lipinski definition) is 1. The van der Waals surface area contributed by atoms with Gasteiger partial charge in [0.05, 0.1) is 6.04 Å². The van der Waals surface area contributed by atoms with Gasteiger partial charge in [0.2, 0.25) is 4.96 Å². The van der Waals surface area contributed by atoms with E-state index in [0.717, 1.165) is 9.97 Å². The van der Waals surface area contributed by atoms with Gasteiger partial charge in [-0.2, -0.15) is 9.61 Å². The molecule has 0 radical (unpaired) electrons. The fourth-order valence-electron chi connectivity index (χ4n) is 0.759. The van der Waals surface area contributed by atoms with E-state index in [9.17, 15) is 0 Å². The molecule has 2 aromatic rings. The standard InChI is InChI=1S/C5H7N5S/c1-3(6)4-9-10-2-7-8-5(10)11-4/h2-3H,6H2,1H3. The van der Waals surface area contributed by atoms with Crippen molar-refractivity contribution < 1.29 is 0 Å². The Bertz CT molecular complexity index is 333. The predicted octanol–water partition coefficient (Wildman–Crippen LogP) is 0.205. The van der Waals surface area contributed by atoms with E-state index in [2.05, 4.69) is 15.3 Å². The number of rotatable bonds is 1. The third kappa shape index (κ3) is 0.997. The van der Waals surface area contributed by atoms with Crippen LogP contribution in [0.5, 0.6) is 0 Å². The highest BCUT2D eigenvalue weighted by Crippen LogP contribution is 2.16. The van der Waals surface area contributed by atoms with Crippen LogP contribution in [0.15, 0.2) is 6.33 Å². The lowest BCUT2D eigenvalue weighted by atomic mass is 10.4. The molecule has 58 valence electrons. The van der Waals surface area contributed by atoms with E-state index in [4.69, 9.17) is 5.73 Å². The number of fused-ring (bicyclic) bond motifs is 1. The Morgan fingerprint density at radius 3 is 3.18 bits per heavy atom. The van der Waals surface area contributed by atoms with Crippen LogP contribution in [-0.4, -0.2) is 19.8 Å². The summed E-state index contributed by atoms with van der Waals surface area (Å²) in [7, 11) is 0.